The number of benzene rings is 1. The molecule has 2 aliphatic heterocycles. The van der Waals surface area contributed by atoms with Gasteiger partial charge in [-0.05, 0) is 85.8 Å². The molecule has 5 rings (SSSR count). The zero-order valence-electron chi connectivity index (χ0n) is 20.7. The minimum absolute atomic E-state index is 0.106. The lowest BCUT2D eigenvalue weighted by molar-refractivity contribution is -0.137. The number of carbonyl (C=O) groups excluding carboxylic acids is 1. The van der Waals surface area contributed by atoms with Crippen molar-refractivity contribution in [1.82, 2.24) is 14.9 Å². The van der Waals surface area contributed by atoms with E-state index < -0.39 is 5.97 Å². The lowest BCUT2D eigenvalue weighted by Crippen LogP contribution is -2.37. The molecular formula is C29H34N4O3. The summed E-state index contributed by atoms with van der Waals surface area (Å²) in [7, 11) is 0. The highest BCUT2D eigenvalue weighted by atomic mass is 16.4. The minimum Gasteiger partial charge on any atom is -0.481 e. The van der Waals surface area contributed by atoms with Crippen molar-refractivity contribution < 1.29 is 14.7 Å². The van der Waals surface area contributed by atoms with E-state index in [4.69, 9.17) is 10.1 Å². The van der Waals surface area contributed by atoms with Gasteiger partial charge in [0, 0.05) is 49.8 Å². The van der Waals surface area contributed by atoms with Crippen molar-refractivity contribution >= 4 is 28.6 Å². The van der Waals surface area contributed by atoms with Crippen LogP contribution in [0.2, 0.25) is 0 Å². The maximum Gasteiger partial charge on any atom is 0.303 e. The predicted molar refractivity (Wildman–Crippen MR) is 140 cm³/mol. The molecule has 0 bridgehead atoms. The molecule has 0 saturated carbocycles. The smallest absolute Gasteiger partial charge is 0.303 e. The van der Waals surface area contributed by atoms with Crippen LogP contribution in [0.4, 0.5) is 5.82 Å². The number of carboxylic acids is 1. The molecule has 7 nitrogen and oxygen atoms in total. The number of aromatic nitrogens is 2. The summed E-state index contributed by atoms with van der Waals surface area (Å²) in [5, 5.41) is 13.5. The van der Waals surface area contributed by atoms with Crippen LogP contribution in [0.5, 0.6) is 0 Å². The Hall–Kier alpha value is -3.48. The van der Waals surface area contributed by atoms with Gasteiger partial charge in [0.25, 0.3) is 0 Å². The van der Waals surface area contributed by atoms with E-state index in [9.17, 15) is 9.59 Å². The van der Waals surface area contributed by atoms with Gasteiger partial charge in [-0.25, -0.2) is 4.98 Å². The number of likely N-dealkylation sites (tertiary alicyclic amines) is 1. The summed E-state index contributed by atoms with van der Waals surface area (Å²) in [5.74, 6) is 0.836. The number of nitrogens with one attached hydrogen (secondary N) is 1. The van der Waals surface area contributed by atoms with Crippen LogP contribution in [0.25, 0.3) is 10.9 Å². The highest BCUT2D eigenvalue weighted by Crippen LogP contribution is 2.33. The maximum absolute atomic E-state index is 12.9. The van der Waals surface area contributed by atoms with Crippen molar-refractivity contribution in [3.05, 3.63) is 65.0 Å². The van der Waals surface area contributed by atoms with Crippen LogP contribution in [-0.4, -0.2) is 51.5 Å². The number of piperidine rings is 1. The fourth-order valence-electron chi connectivity index (χ4n) is 5.49. The second-order valence-electron chi connectivity index (χ2n) is 10.0. The van der Waals surface area contributed by atoms with Crippen molar-refractivity contribution in [3.63, 3.8) is 0 Å². The quantitative estimate of drug-likeness (QED) is 0.478. The first-order valence-electron chi connectivity index (χ1n) is 13.2. The normalized spacial score (nSPS) is 15.9. The van der Waals surface area contributed by atoms with Crippen LogP contribution < -0.4 is 5.32 Å². The molecule has 1 aromatic carbocycles. The number of carbonyl (C=O) groups is 2. The van der Waals surface area contributed by atoms with E-state index in [2.05, 4.69) is 34.6 Å². The Morgan fingerprint density at radius 3 is 2.78 bits per heavy atom. The Labute approximate surface area is 211 Å². The van der Waals surface area contributed by atoms with Crippen molar-refractivity contribution in [1.29, 1.82) is 0 Å². The number of nitrogens with zero attached hydrogens (tertiary/aromatic N) is 3. The standard InChI is InChI=1S/C29H34N4O3/c34-27(8-1-5-23-11-10-22-4-3-15-30-29(22)32-23)33-16-13-21(14-17-33)24-6-2-7-26-25(24)18-20(19-31-26)9-12-28(35)36/h2,6-7,10-11,18-19,21H,1,3-5,8-9,12-17H2,(H,30,32)(H,35,36). The third-order valence-electron chi connectivity index (χ3n) is 7.51. The van der Waals surface area contributed by atoms with Gasteiger partial charge in [0.05, 0.1) is 5.52 Å². The van der Waals surface area contributed by atoms with E-state index in [-0.39, 0.29) is 12.3 Å². The predicted octanol–water partition coefficient (Wildman–Crippen LogP) is 4.73. The van der Waals surface area contributed by atoms with E-state index in [1.165, 1.54) is 11.1 Å². The molecule has 36 heavy (non-hydrogen) atoms. The summed E-state index contributed by atoms with van der Waals surface area (Å²) >= 11 is 0. The maximum atomic E-state index is 12.9. The summed E-state index contributed by atoms with van der Waals surface area (Å²) in [6.45, 7) is 2.53. The van der Waals surface area contributed by atoms with E-state index in [1.807, 2.05) is 17.0 Å². The first-order valence-corrected chi connectivity index (χ1v) is 13.2. The van der Waals surface area contributed by atoms with Crippen LogP contribution in [0, 0.1) is 0 Å². The first-order chi connectivity index (χ1) is 17.6. The number of anilines is 1. The number of fused-ring (bicyclic) bond motifs is 2. The molecule has 1 saturated heterocycles. The second-order valence-corrected chi connectivity index (χ2v) is 10.0. The number of rotatable bonds is 8. The molecule has 0 radical (unpaired) electrons. The van der Waals surface area contributed by atoms with Gasteiger partial charge in [0.1, 0.15) is 5.82 Å². The molecule has 2 aromatic heterocycles. The summed E-state index contributed by atoms with van der Waals surface area (Å²) in [5.41, 5.74) is 5.51. The van der Waals surface area contributed by atoms with Crippen LogP contribution >= 0.6 is 0 Å². The highest BCUT2D eigenvalue weighted by Gasteiger charge is 2.25. The summed E-state index contributed by atoms with van der Waals surface area (Å²) in [6, 6.07) is 12.6. The molecule has 7 heteroatoms. The summed E-state index contributed by atoms with van der Waals surface area (Å²) in [4.78, 5) is 35.2. The summed E-state index contributed by atoms with van der Waals surface area (Å²) < 4.78 is 0. The molecule has 1 fully saturated rings. The Balaban J connectivity index is 1.15. The van der Waals surface area contributed by atoms with Crippen molar-refractivity contribution in [3.8, 4) is 0 Å². The molecule has 0 unspecified atom stereocenters. The number of aliphatic carboxylic acids is 1. The van der Waals surface area contributed by atoms with Gasteiger partial charge in [-0.15, -0.1) is 0 Å². The molecule has 0 atom stereocenters. The van der Waals surface area contributed by atoms with Crippen LogP contribution in [0.15, 0.2) is 42.6 Å². The molecular weight excluding hydrogens is 452 g/mol. The third-order valence-corrected chi connectivity index (χ3v) is 7.51. The van der Waals surface area contributed by atoms with Gasteiger partial charge < -0.3 is 15.3 Å². The highest BCUT2D eigenvalue weighted by molar-refractivity contribution is 5.83. The summed E-state index contributed by atoms with van der Waals surface area (Å²) in [6.07, 6.45) is 8.68. The van der Waals surface area contributed by atoms with Gasteiger partial charge in [-0.2, -0.15) is 0 Å². The number of pyridine rings is 2. The molecule has 1 amide bonds. The molecule has 3 aromatic rings. The lowest BCUT2D eigenvalue weighted by atomic mass is 9.86. The van der Waals surface area contributed by atoms with E-state index >= 15 is 0 Å². The fraction of sp³-hybridized carbons (Fsp3) is 0.448. The Bertz CT molecular complexity index is 1250. The van der Waals surface area contributed by atoms with E-state index in [0.29, 0.717) is 18.8 Å². The van der Waals surface area contributed by atoms with Crippen molar-refractivity contribution in [2.24, 2.45) is 0 Å². The molecule has 2 aliphatic rings. The first kappa shape index (κ1) is 24.2. The van der Waals surface area contributed by atoms with Crippen LogP contribution in [0.1, 0.15) is 66.8 Å². The van der Waals surface area contributed by atoms with Crippen LogP contribution in [0.3, 0.4) is 0 Å². The number of aryl methyl sites for hydroxylation is 3. The van der Waals surface area contributed by atoms with Gasteiger partial charge in [-0.1, -0.05) is 18.2 Å². The lowest BCUT2D eigenvalue weighted by Gasteiger charge is -2.33. The largest absolute Gasteiger partial charge is 0.481 e. The number of carboxylic acid groups (broad SMARTS) is 1. The topological polar surface area (TPSA) is 95.4 Å². The van der Waals surface area contributed by atoms with Crippen LogP contribution in [-0.2, 0) is 28.9 Å². The Kier molecular flexibility index (Phi) is 7.44. The number of hydrogen-bond acceptors (Lipinski definition) is 5. The molecule has 0 spiro atoms. The Morgan fingerprint density at radius 2 is 1.94 bits per heavy atom. The second kappa shape index (κ2) is 11.1. The van der Waals surface area contributed by atoms with Gasteiger partial charge in [0.2, 0.25) is 5.91 Å². The number of hydrogen-bond donors (Lipinski definition) is 2. The molecule has 0 aliphatic carbocycles. The van der Waals surface area contributed by atoms with Gasteiger partial charge >= 0.3 is 5.97 Å². The van der Waals surface area contributed by atoms with Crippen molar-refractivity contribution in [2.45, 2.75) is 63.7 Å². The zero-order chi connectivity index (χ0) is 24.9. The van der Waals surface area contributed by atoms with Gasteiger partial charge in [-0.3, -0.25) is 14.6 Å². The monoisotopic (exact) mass is 486 g/mol. The van der Waals surface area contributed by atoms with E-state index in [0.717, 1.165) is 86.1 Å². The van der Waals surface area contributed by atoms with Gasteiger partial charge in [0.15, 0.2) is 0 Å². The minimum atomic E-state index is -0.795. The average Bonchev–Trinajstić information content (AvgIpc) is 2.91. The third kappa shape index (κ3) is 5.66. The zero-order valence-corrected chi connectivity index (χ0v) is 20.7. The average molecular weight is 487 g/mol. The van der Waals surface area contributed by atoms with Crippen molar-refractivity contribution in [2.75, 3.05) is 25.0 Å². The number of amides is 1. The molecule has 2 N–H and O–H groups in total. The van der Waals surface area contributed by atoms with E-state index in [1.54, 1.807) is 6.20 Å². The fourth-order valence-corrected chi connectivity index (χ4v) is 5.49. The molecule has 4 heterocycles. The SMILES string of the molecule is O=C(O)CCc1cnc2cccc(C3CCN(C(=O)CCCc4ccc5c(n4)NCCC5)CC3)c2c1. The Morgan fingerprint density at radius 1 is 1.08 bits per heavy atom. The molecule has 188 valence electrons.